The zero-order chi connectivity index (χ0) is 20.2. The van der Waals surface area contributed by atoms with Gasteiger partial charge in [0.2, 0.25) is 5.91 Å². The van der Waals surface area contributed by atoms with Crippen molar-refractivity contribution in [1.82, 2.24) is 10.2 Å². The van der Waals surface area contributed by atoms with Crippen LogP contribution in [0.4, 0.5) is 13.2 Å². The first-order chi connectivity index (χ1) is 12.6. The summed E-state index contributed by atoms with van der Waals surface area (Å²) in [5.41, 5.74) is 0.0520. The van der Waals surface area contributed by atoms with Crippen molar-refractivity contribution in [3.8, 4) is 0 Å². The SMILES string of the molecule is CC[C@@H]1N(Cc2ccc(C)s2)CCC[C@]12CCC(=O)N2.O=C(O)C(F)(F)F. The summed E-state index contributed by atoms with van der Waals surface area (Å²) in [5.74, 6) is -2.51. The topological polar surface area (TPSA) is 69.6 Å². The van der Waals surface area contributed by atoms with Crippen LogP contribution in [0.2, 0.25) is 0 Å². The van der Waals surface area contributed by atoms with Crippen LogP contribution in [0.1, 0.15) is 48.8 Å². The van der Waals surface area contributed by atoms with Crippen LogP contribution in [0.3, 0.4) is 0 Å². The van der Waals surface area contributed by atoms with E-state index in [1.165, 1.54) is 16.2 Å². The molecule has 2 aliphatic rings. The standard InChI is InChI=1S/C16H24N2OS.C2HF3O2/c1-3-14-16(9-7-15(19)17-16)8-4-10-18(14)11-13-6-5-12(2)20-13;3-2(4,5)1(6)7/h5-6,14H,3-4,7-11H2,1-2H3,(H,17,19);(H,6,7)/t14-,16-;/m0./s1. The minimum Gasteiger partial charge on any atom is -0.475 e. The zero-order valence-electron chi connectivity index (χ0n) is 15.4. The molecule has 2 saturated heterocycles. The summed E-state index contributed by atoms with van der Waals surface area (Å²) in [5, 5.41) is 10.4. The van der Waals surface area contributed by atoms with Crippen molar-refractivity contribution in [2.75, 3.05) is 6.54 Å². The number of nitrogens with one attached hydrogen (secondary N) is 1. The van der Waals surface area contributed by atoms with Crippen LogP contribution in [0, 0.1) is 6.92 Å². The number of carbonyl (C=O) groups is 2. The number of aliphatic carboxylic acids is 1. The molecule has 5 nitrogen and oxygen atoms in total. The van der Waals surface area contributed by atoms with Gasteiger partial charge in [0.25, 0.3) is 0 Å². The highest BCUT2D eigenvalue weighted by Crippen LogP contribution is 2.38. The van der Waals surface area contributed by atoms with Crippen LogP contribution in [0.15, 0.2) is 12.1 Å². The number of hydrogen-bond donors (Lipinski definition) is 2. The Balaban J connectivity index is 0.000000321. The van der Waals surface area contributed by atoms with Crippen LogP contribution >= 0.6 is 11.3 Å². The molecule has 2 atom stereocenters. The number of carboxylic acid groups (broad SMARTS) is 1. The van der Waals surface area contributed by atoms with Crippen LogP contribution in [-0.4, -0.2) is 46.2 Å². The molecule has 3 heterocycles. The van der Waals surface area contributed by atoms with Crippen molar-refractivity contribution in [3.05, 3.63) is 21.9 Å². The van der Waals surface area contributed by atoms with Gasteiger partial charge in [-0.2, -0.15) is 13.2 Å². The highest BCUT2D eigenvalue weighted by atomic mass is 32.1. The molecular formula is C18H25F3N2O3S. The Morgan fingerprint density at radius 3 is 2.52 bits per heavy atom. The molecule has 0 aromatic carbocycles. The van der Waals surface area contributed by atoms with E-state index in [-0.39, 0.29) is 11.4 Å². The van der Waals surface area contributed by atoms with Gasteiger partial charge >= 0.3 is 12.1 Å². The number of thiophene rings is 1. The number of aryl methyl sites for hydroxylation is 1. The molecule has 1 aromatic rings. The number of rotatable bonds is 3. The third kappa shape index (κ3) is 5.44. The molecule has 2 N–H and O–H groups in total. The number of halogens is 3. The fraction of sp³-hybridized carbons (Fsp3) is 0.667. The van der Waals surface area contributed by atoms with Crippen molar-refractivity contribution in [3.63, 3.8) is 0 Å². The van der Waals surface area contributed by atoms with Crippen LogP contribution < -0.4 is 5.32 Å². The average Bonchev–Trinajstić information content (AvgIpc) is 3.14. The van der Waals surface area contributed by atoms with Crippen LogP contribution in [0.5, 0.6) is 0 Å². The zero-order valence-corrected chi connectivity index (χ0v) is 16.3. The first-order valence-corrected chi connectivity index (χ1v) is 9.79. The summed E-state index contributed by atoms with van der Waals surface area (Å²) in [6.07, 6.45) is 0.107. The molecule has 1 amide bonds. The lowest BCUT2D eigenvalue weighted by atomic mass is 9.78. The molecule has 0 saturated carbocycles. The lowest BCUT2D eigenvalue weighted by Gasteiger charge is -2.48. The fourth-order valence-electron chi connectivity index (χ4n) is 4.05. The first-order valence-electron chi connectivity index (χ1n) is 8.98. The van der Waals surface area contributed by atoms with E-state index in [1.54, 1.807) is 0 Å². The highest BCUT2D eigenvalue weighted by Gasteiger charge is 2.47. The minimum atomic E-state index is -5.08. The first kappa shape index (κ1) is 21.7. The Kier molecular flexibility index (Phi) is 6.91. The average molecular weight is 406 g/mol. The highest BCUT2D eigenvalue weighted by molar-refractivity contribution is 7.11. The molecule has 2 aliphatic heterocycles. The number of piperidine rings is 1. The molecule has 0 aliphatic carbocycles. The molecule has 1 spiro atoms. The predicted octanol–water partition coefficient (Wildman–Crippen LogP) is 3.71. The van der Waals surface area contributed by atoms with E-state index in [9.17, 15) is 18.0 Å². The monoisotopic (exact) mass is 406 g/mol. The van der Waals surface area contributed by atoms with E-state index in [4.69, 9.17) is 9.90 Å². The maximum absolute atomic E-state index is 11.7. The largest absolute Gasteiger partial charge is 0.490 e. The molecule has 0 radical (unpaired) electrons. The van der Waals surface area contributed by atoms with E-state index in [2.05, 4.69) is 36.2 Å². The smallest absolute Gasteiger partial charge is 0.475 e. The number of nitrogens with zero attached hydrogens (tertiary/aromatic N) is 1. The molecule has 0 unspecified atom stereocenters. The van der Waals surface area contributed by atoms with Crippen molar-refractivity contribution in [1.29, 1.82) is 0 Å². The summed E-state index contributed by atoms with van der Waals surface area (Å²) in [6, 6.07) is 4.95. The maximum Gasteiger partial charge on any atom is 0.490 e. The number of carboxylic acids is 1. The van der Waals surface area contributed by atoms with Gasteiger partial charge in [-0.1, -0.05) is 6.92 Å². The van der Waals surface area contributed by atoms with E-state index < -0.39 is 12.1 Å². The molecule has 2 fully saturated rings. The van der Waals surface area contributed by atoms with Gasteiger partial charge in [0.15, 0.2) is 0 Å². The number of hydrogen-bond acceptors (Lipinski definition) is 4. The number of carbonyl (C=O) groups excluding carboxylic acids is 1. The minimum absolute atomic E-state index is 0.0520. The Labute approximate surface area is 160 Å². The van der Waals surface area contributed by atoms with Crippen molar-refractivity contribution in [2.24, 2.45) is 0 Å². The summed E-state index contributed by atoms with van der Waals surface area (Å²) in [6.45, 7) is 6.62. The number of amides is 1. The van der Waals surface area contributed by atoms with Gasteiger partial charge in [0, 0.05) is 28.8 Å². The van der Waals surface area contributed by atoms with E-state index >= 15 is 0 Å². The van der Waals surface area contributed by atoms with E-state index in [0.717, 1.165) is 32.4 Å². The molecule has 27 heavy (non-hydrogen) atoms. The summed E-state index contributed by atoms with van der Waals surface area (Å²) < 4.78 is 31.7. The van der Waals surface area contributed by atoms with E-state index in [0.29, 0.717) is 12.5 Å². The molecule has 1 aromatic heterocycles. The Bertz CT molecular complexity index is 677. The van der Waals surface area contributed by atoms with E-state index in [1.807, 2.05) is 11.3 Å². The van der Waals surface area contributed by atoms with Gasteiger partial charge in [-0.05, 0) is 51.3 Å². The Morgan fingerprint density at radius 2 is 2.07 bits per heavy atom. The van der Waals surface area contributed by atoms with Gasteiger partial charge in [-0.15, -0.1) is 11.3 Å². The summed E-state index contributed by atoms with van der Waals surface area (Å²) in [4.78, 5) is 26.0. The Hall–Kier alpha value is -1.61. The van der Waals surface area contributed by atoms with Gasteiger partial charge in [-0.3, -0.25) is 9.69 Å². The lowest BCUT2D eigenvalue weighted by molar-refractivity contribution is -0.192. The van der Waals surface area contributed by atoms with Gasteiger partial charge in [0.05, 0.1) is 5.54 Å². The third-order valence-electron chi connectivity index (χ3n) is 5.12. The molecule has 9 heteroatoms. The summed E-state index contributed by atoms with van der Waals surface area (Å²) in [7, 11) is 0. The van der Waals surface area contributed by atoms with Gasteiger partial charge < -0.3 is 10.4 Å². The lowest BCUT2D eigenvalue weighted by Crippen LogP contribution is -2.61. The van der Waals surface area contributed by atoms with Crippen molar-refractivity contribution >= 4 is 23.2 Å². The van der Waals surface area contributed by atoms with Gasteiger partial charge in [-0.25, -0.2) is 4.79 Å². The van der Waals surface area contributed by atoms with Crippen molar-refractivity contribution < 1.29 is 27.9 Å². The van der Waals surface area contributed by atoms with Gasteiger partial charge in [0.1, 0.15) is 0 Å². The summed E-state index contributed by atoms with van der Waals surface area (Å²) >= 11 is 1.90. The fourth-order valence-corrected chi connectivity index (χ4v) is 4.97. The normalized spacial score (nSPS) is 25.8. The molecular weight excluding hydrogens is 381 g/mol. The molecule has 3 rings (SSSR count). The quantitative estimate of drug-likeness (QED) is 0.803. The van der Waals surface area contributed by atoms with Crippen molar-refractivity contribution in [2.45, 2.75) is 70.3 Å². The third-order valence-corrected chi connectivity index (χ3v) is 6.10. The molecule has 152 valence electrons. The second kappa shape index (κ2) is 8.60. The van der Waals surface area contributed by atoms with Crippen LogP contribution in [-0.2, 0) is 16.1 Å². The Morgan fingerprint density at radius 1 is 1.41 bits per heavy atom. The predicted molar refractivity (Wildman–Crippen MR) is 96.6 cm³/mol. The second-order valence-electron chi connectivity index (χ2n) is 7.02. The number of likely N-dealkylation sites (tertiary alicyclic amines) is 1. The maximum atomic E-state index is 11.7. The number of alkyl halides is 3. The molecule has 0 bridgehead atoms. The second-order valence-corrected chi connectivity index (χ2v) is 8.39. The van der Waals surface area contributed by atoms with Crippen LogP contribution in [0.25, 0.3) is 0 Å².